The third kappa shape index (κ3) is 4.30. The van der Waals surface area contributed by atoms with Crippen LogP contribution < -0.4 is 0 Å². The molecule has 1 unspecified atom stereocenters. The van der Waals surface area contributed by atoms with Crippen LogP contribution in [0, 0.1) is 5.92 Å². The molecule has 0 heterocycles. The van der Waals surface area contributed by atoms with Crippen molar-refractivity contribution in [2.75, 3.05) is 13.1 Å². The largest absolute Gasteiger partial charge is 0.480 e. The van der Waals surface area contributed by atoms with Gasteiger partial charge in [-0.15, -0.1) is 0 Å². The third-order valence-electron chi connectivity index (χ3n) is 3.91. The molecule has 0 bridgehead atoms. The topological polar surface area (TPSA) is 40.5 Å². The number of likely N-dealkylation sites (N-methyl/N-ethyl adjacent to an activating group) is 1. The fourth-order valence-electron chi connectivity index (χ4n) is 2.43. The summed E-state index contributed by atoms with van der Waals surface area (Å²) in [6.45, 7) is 12.0. The van der Waals surface area contributed by atoms with Crippen LogP contribution in [-0.2, 0) is 4.79 Å². The van der Waals surface area contributed by atoms with Crippen molar-refractivity contribution in [1.82, 2.24) is 4.90 Å². The zero-order valence-corrected chi connectivity index (χ0v) is 12.1. The molecule has 102 valence electrons. The van der Waals surface area contributed by atoms with Gasteiger partial charge in [-0.1, -0.05) is 47.0 Å². The van der Waals surface area contributed by atoms with Crippen molar-refractivity contribution in [2.24, 2.45) is 5.92 Å². The molecule has 0 aromatic carbocycles. The van der Waals surface area contributed by atoms with E-state index >= 15 is 0 Å². The minimum Gasteiger partial charge on any atom is -0.480 e. The van der Waals surface area contributed by atoms with Gasteiger partial charge in [0.2, 0.25) is 0 Å². The van der Waals surface area contributed by atoms with Gasteiger partial charge in [0.15, 0.2) is 0 Å². The summed E-state index contributed by atoms with van der Waals surface area (Å²) in [6, 6.07) is 0. The Morgan fingerprint density at radius 1 is 1.24 bits per heavy atom. The summed E-state index contributed by atoms with van der Waals surface area (Å²) < 4.78 is 0. The number of hydrogen-bond donors (Lipinski definition) is 1. The lowest BCUT2D eigenvalue weighted by Gasteiger charge is -2.39. The van der Waals surface area contributed by atoms with Crippen LogP contribution in [0.3, 0.4) is 0 Å². The standard InChI is InChI=1S/C14H29NO2/c1-6-10-14(5,13(16)17)15(9-4)11-12(7-2)8-3/h12H,6-11H2,1-5H3,(H,16,17). The molecule has 0 saturated carbocycles. The average Bonchev–Trinajstić information content (AvgIpc) is 2.30. The molecule has 0 aromatic rings. The van der Waals surface area contributed by atoms with Gasteiger partial charge in [0.05, 0.1) is 0 Å². The predicted octanol–water partition coefficient (Wildman–Crippen LogP) is 3.39. The fourth-order valence-corrected chi connectivity index (χ4v) is 2.43. The van der Waals surface area contributed by atoms with Crippen molar-refractivity contribution in [3.8, 4) is 0 Å². The highest BCUT2D eigenvalue weighted by molar-refractivity contribution is 5.78. The van der Waals surface area contributed by atoms with E-state index in [1.807, 2.05) is 13.8 Å². The molecule has 0 amide bonds. The number of nitrogens with zero attached hydrogens (tertiary/aromatic N) is 1. The van der Waals surface area contributed by atoms with Crippen molar-refractivity contribution in [2.45, 2.75) is 65.8 Å². The summed E-state index contributed by atoms with van der Waals surface area (Å²) in [5, 5.41) is 9.48. The molecule has 0 fully saturated rings. The first-order valence-electron chi connectivity index (χ1n) is 6.94. The highest BCUT2D eigenvalue weighted by Gasteiger charge is 2.38. The van der Waals surface area contributed by atoms with Crippen LogP contribution in [0.25, 0.3) is 0 Å². The van der Waals surface area contributed by atoms with Crippen molar-refractivity contribution in [1.29, 1.82) is 0 Å². The smallest absolute Gasteiger partial charge is 0.323 e. The van der Waals surface area contributed by atoms with Crippen LogP contribution in [-0.4, -0.2) is 34.6 Å². The van der Waals surface area contributed by atoms with Crippen LogP contribution in [0.4, 0.5) is 0 Å². The average molecular weight is 243 g/mol. The highest BCUT2D eigenvalue weighted by Crippen LogP contribution is 2.24. The second kappa shape index (κ2) is 7.70. The molecular weight excluding hydrogens is 214 g/mol. The van der Waals surface area contributed by atoms with E-state index in [0.717, 1.165) is 38.8 Å². The molecule has 3 heteroatoms. The Kier molecular flexibility index (Phi) is 7.44. The molecule has 1 N–H and O–H groups in total. The Morgan fingerprint density at radius 2 is 1.76 bits per heavy atom. The molecule has 1 atom stereocenters. The first kappa shape index (κ1) is 16.4. The Balaban J connectivity index is 4.84. The zero-order chi connectivity index (χ0) is 13.5. The molecule has 0 aliphatic heterocycles. The lowest BCUT2D eigenvalue weighted by atomic mass is 9.91. The summed E-state index contributed by atoms with van der Waals surface area (Å²) >= 11 is 0. The first-order valence-corrected chi connectivity index (χ1v) is 6.94. The van der Waals surface area contributed by atoms with Gasteiger partial charge in [-0.3, -0.25) is 9.69 Å². The first-order chi connectivity index (χ1) is 7.96. The summed E-state index contributed by atoms with van der Waals surface area (Å²) in [4.78, 5) is 13.7. The van der Waals surface area contributed by atoms with Crippen molar-refractivity contribution >= 4 is 5.97 Å². The van der Waals surface area contributed by atoms with Crippen molar-refractivity contribution in [3.63, 3.8) is 0 Å². The van der Waals surface area contributed by atoms with Crippen LogP contribution >= 0.6 is 0 Å². The number of rotatable bonds is 9. The molecule has 0 aromatic heterocycles. The Labute approximate surface area is 106 Å². The van der Waals surface area contributed by atoms with Gasteiger partial charge in [-0.2, -0.15) is 0 Å². The van der Waals surface area contributed by atoms with Gasteiger partial charge in [0.1, 0.15) is 5.54 Å². The van der Waals surface area contributed by atoms with Gasteiger partial charge < -0.3 is 5.11 Å². The van der Waals surface area contributed by atoms with Gasteiger partial charge >= 0.3 is 5.97 Å². The monoisotopic (exact) mass is 243 g/mol. The number of aliphatic carboxylic acids is 1. The third-order valence-corrected chi connectivity index (χ3v) is 3.91. The minimum atomic E-state index is -0.702. The van der Waals surface area contributed by atoms with E-state index in [0.29, 0.717) is 5.92 Å². The second-order valence-electron chi connectivity index (χ2n) is 5.05. The Morgan fingerprint density at radius 3 is 2.06 bits per heavy atom. The predicted molar refractivity (Wildman–Crippen MR) is 72.3 cm³/mol. The normalized spacial score (nSPS) is 15.2. The summed E-state index contributed by atoms with van der Waals surface area (Å²) in [6.07, 6.45) is 3.86. The Bertz CT molecular complexity index is 226. The van der Waals surface area contributed by atoms with Crippen LogP contribution in [0.1, 0.15) is 60.3 Å². The number of carboxylic acids is 1. The maximum atomic E-state index is 11.5. The molecular formula is C14H29NO2. The summed E-state index contributed by atoms with van der Waals surface area (Å²) in [5.41, 5.74) is -0.702. The van der Waals surface area contributed by atoms with Gasteiger partial charge in [0.25, 0.3) is 0 Å². The number of carboxylic acid groups (broad SMARTS) is 1. The molecule has 0 rings (SSSR count). The van der Waals surface area contributed by atoms with Crippen LogP contribution in [0.15, 0.2) is 0 Å². The van der Waals surface area contributed by atoms with E-state index in [1.165, 1.54) is 0 Å². The molecule has 0 radical (unpaired) electrons. The minimum absolute atomic E-state index is 0.602. The number of carbonyl (C=O) groups is 1. The highest BCUT2D eigenvalue weighted by atomic mass is 16.4. The van der Waals surface area contributed by atoms with Crippen molar-refractivity contribution < 1.29 is 9.90 Å². The van der Waals surface area contributed by atoms with E-state index in [2.05, 4.69) is 25.7 Å². The second-order valence-corrected chi connectivity index (χ2v) is 5.05. The SMILES string of the molecule is CCCC(C)(C(=O)O)N(CC)CC(CC)CC. The molecule has 0 aliphatic rings. The van der Waals surface area contributed by atoms with Gasteiger partial charge in [-0.05, 0) is 25.8 Å². The lowest BCUT2D eigenvalue weighted by molar-refractivity contribution is -0.151. The maximum Gasteiger partial charge on any atom is 0.323 e. The molecule has 0 spiro atoms. The van der Waals surface area contributed by atoms with Crippen LogP contribution in [0.5, 0.6) is 0 Å². The summed E-state index contributed by atoms with van der Waals surface area (Å²) in [7, 11) is 0. The zero-order valence-electron chi connectivity index (χ0n) is 12.1. The van der Waals surface area contributed by atoms with Crippen LogP contribution in [0.2, 0.25) is 0 Å². The van der Waals surface area contributed by atoms with Crippen molar-refractivity contribution in [3.05, 3.63) is 0 Å². The van der Waals surface area contributed by atoms with E-state index in [9.17, 15) is 9.90 Å². The molecule has 17 heavy (non-hydrogen) atoms. The van der Waals surface area contributed by atoms with E-state index in [-0.39, 0.29) is 0 Å². The van der Waals surface area contributed by atoms with E-state index in [1.54, 1.807) is 0 Å². The summed E-state index contributed by atoms with van der Waals surface area (Å²) in [5.74, 6) is -0.0855. The molecule has 0 saturated heterocycles. The van der Waals surface area contributed by atoms with E-state index in [4.69, 9.17) is 0 Å². The fraction of sp³-hybridized carbons (Fsp3) is 0.929. The van der Waals surface area contributed by atoms with Gasteiger partial charge in [-0.25, -0.2) is 0 Å². The maximum absolute atomic E-state index is 11.5. The Hall–Kier alpha value is -0.570. The van der Waals surface area contributed by atoms with Gasteiger partial charge in [0, 0.05) is 6.54 Å². The lowest BCUT2D eigenvalue weighted by Crippen LogP contribution is -2.53. The number of hydrogen-bond acceptors (Lipinski definition) is 2. The molecule has 3 nitrogen and oxygen atoms in total. The van der Waals surface area contributed by atoms with E-state index < -0.39 is 11.5 Å². The molecule has 0 aliphatic carbocycles. The quantitative estimate of drug-likeness (QED) is 0.675.